The SMILES string of the molecule is CCCCCC1CCC(CCc2cnc(-c3ccc(C4CCC(CCC)CC4)cc3)nc2)CC1. The zero-order valence-electron chi connectivity index (χ0n) is 22.0. The molecule has 2 fully saturated rings. The number of hydrogen-bond donors (Lipinski definition) is 0. The van der Waals surface area contributed by atoms with Gasteiger partial charge in [-0.3, -0.25) is 0 Å². The van der Waals surface area contributed by atoms with Crippen molar-refractivity contribution < 1.29 is 0 Å². The third kappa shape index (κ3) is 7.40. The van der Waals surface area contributed by atoms with Gasteiger partial charge in [-0.2, -0.15) is 0 Å². The van der Waals surface area contributed by atoms with E-state index in [-0.39, 0.29) is 0 Å². The highest BCUT2D eigenvalue weighted by atomic mass is 14.9. The highest BCUT2D eigenvalue weighted by Crippen LogP contribution is 2.38. The third-order valence-electron chi connectivity index (χ3n) is 8.91. The molecule has 0 bridgehead atoms. The number of rotatable bonds is 11. The van der Waals surface area contributed by atoms with Crippen LogP contribution < -0.4 is 0 Å². The topological polar surface area (TPSA) is 25.8 Å². The van der Waals surface area contributed by atoms with E-state index in [0.29, 0.717) is 0 Å². The summed E-state index contributed by atoms with van der Waals surface area (Å²) in [6, 6.07) is 9.13. The van der Waals surface area contributed by atoms with Crippen LogP contribution in [0.4, 0.5) is 0 Å². The Morgan fingerprint density at radius 3 is 1.85 bits per heavy atom. The zero-order valence-corrected chi connectivity index (χ0v) is 22.0. The monoisotopic (exact) mass is 460 g/mol. The molecule has 1 aromatic carbocycles. The average Bonchev–Trinajstić information content (AvgIpc) is 2.89. The summed E-state index contributed by atoms with van der Waals surface area (Å²) in [7, 11) is 0. The lowest BCUT2D eigenvalue weighted by atomic mass is 9.77. The van der Waals surface area contributed by atoms with Gasteiger partial charge in [0.25, 0.3) is 0 Å². The van der Waals surface area contributed by atoms with Gasteiger partial charge in [0.15, 0.2) is 5.82 Å². The number of benzene rings is 1. The minimum Gasteiger partial charge on any atom is -0.236 e. The van der Waals surface area contributed by atoms with Crippen LogP contribution in [0.5, 0.6) is 0 Å². The molecule has 186 valence electrons. The van der Waals surface area contributed by atoms with Crippen molar-refractivity contribution in [3.05, 3.63) is 47.8 Å². The molecule has 2 nitrogen and oxygen atoms in total. The Morgan fingerprint density at radius 2 is 1.24 bits per heavy atom. The van der Waals surface area contributed by atoms with Gasteiger partial charge in [0.1, 0.15) is 0 Å². The summed E-state index contributed by atoms with van der Waals surface area (Å²) in [5.74, 6) is 4.50. The Hall–Kier alpha value is -1.70. The summed E-state index contributed by atoms with van der Waals surface area (Å²) in [5.41, 5.74) is 3.96. The van der Waals surface area contributed by atoms with Crippen LogP contribution in [0, 0.1) is 17.8 Å². The van der Waals surface area contributed by atoms with Crippen LogP contribution in [0.25, 0.3) is 11.4 Å². The molecule has 2 aliphatic rings. The molecule has 0 aliphatic heterocycles. The van der Waals surface area contributed by atoms with E-state index in [4.69, 9.17) is 9.97 Å². The maximum atomic E-state index is 4.73. The second-order valence-electron chi connectivity index (χ2n) is 11.5. The van der Waals surface area contributed by atoms with Crippen LogP contribution >= 0.6 is 0 Å². The van der Waals surface area contributed by atoms with Crippen molar-refractivity contribution in [1.29, 1.82) is 0 Å². The first kappa shape index (κ1) is 25.4. The maximum absolute atomic E-state index is 4.73. The van der Waals surface area contributed by atoms with E-state index < -0.39 is 0 Å². The lowest BCUT2D eigenvalue weighted by molar-refractivity contribution is 0.249. The fourth-order valence-corrected chi connectivity index (χ4v) is 6.59. The quantitative estimate of drug-likeness (QED) is 0.312. The third-order valence-corrected chi connectivity index (χ3v) is 8.91. The van der Waals surface area contributed by atoms with E-state index >= 15 is 0 Å². The van der Waals surface area contributed by atoms with Gasteiger partial charge < -0.3 is 0 Å². The fourth-order valence-electron chi connectivity index (χ4n) is 6.59. The molecule has 0 saturated heterocycles. The molecule has 0 unspecified atom stereocenters. The van der Waals surface area contributed by atoms with Gasteiger partial charge in [0, 0.05) is 18.0 Å². The van der Waals surface area contributed by atoms with Crippen molar-refractivity contribution in [2.45, 2.75) is 122 Å². The van der Waals surface area contributed by atoms with E-state index in [0.717, 1.165) is 41.5 Å². The Morgan fingerprint density at radius 1 is 0.647 bits per heavy atom. The molecule has 2 heteroatoms. The van der Waals surface area contributed by atoms with Gasteiger partial charge in [-0.25, -0.2) is 9.97 Å². The van der Waals surface area contributed by atoms with E-state index in [1.807, 2.05) is 0 Å². The van der Waals surface area contributed by atoms with Crippen LogP contribution in [0.2, 0.25) is 0 Å². The number of hydrogen-bond acceptors (Lipinski definition) is 2. The van der Waals surface area contributed by atoms with Gasteiger partial charge in [-0.05, 0) is 73.3 Å². The van der Waals surface area contributed by atoms with E-state index in [1.165, 1.54) is 107 Å². The van der Waals surface area contributed by atoms with Crippen LogP contribution in [0.3, 0.4) is 0 Å². The molecule has 1 aromatic heterocycles. The van der Waals surface area contributed by atoms with E-state index in [1.54, 1.807) is 0 Å². The van der Waals surface area contributed by atoms with E-state index in [9.17, 15) is 0 Å². The minimum atomic E-state index is 0.747. The number of aromatic nitrogens is 2. The van der Waals surface area contributed by atoms with Crippen molar-refractivity contribution in [3.8, 4) is 11.4 Å². The van der Waals surface area contributed by atoms with Crippen molar-refractivity contribution >= 4 is 0 Å². The maximum Gasteiger partial charge on any atom is 0.159 e. The first-order valence-corrected chi connectivity index (χ1v) is 14.7. The van der Waals surface area contributed by atoms with Crippen molar-refractivity contribution in [2.75, 3.05) is 0 Å². The standard InChI is InChI=1S/C32H48N2/c1-3-5-6-8-26-9-11-27(12-10-26)13-14-28-23-33-32(34-24-28)31-21-19-30(20-22-31)29-17-15-25(7-4-2)16-18-29/h19-27,29H,3-18H2,1-2H3. The fraction of sp³-hybridized carbons (Fsp3) is 0.688. The predicted octanol–water partition coefficient (Wildman–Crippen LogP) is 9.54. The smallest absolute Gasteiger partial charge is 0.159 e. The summed E-state index contributed by atoms with van der Waals surface area (Å²) < 4.78 is 0. The van der Waals surface area contributed by atoms with Crippen LogP contribution in [-0.2, 0) is 6.42 Å². The molecule has 2 saturated carbocycles. The highest BCUT2D eigenvalue weighted by Gasteiger charge is 2.22. The number of aryl methyl sites for hydroxylation is 1. The minimum absolute atomic E-state index is 0.747. The number of nitrogens with zero attached hydrogens (tertiary/aromatic N) is 2. The van der Waals surface area contributed by atoms with Gasteiger partial charge >= 0.3 is 0 Å². The van der Waals surface area contributed by atoms with Crippen LogP contribution in [0.1, 0.15) is 127 Å². The molecule has 0 spiro atoms. The molecule has 2 aromatic rings. The molecule has 0 amide bonds. The molecular formula is C32H48N2. The molecule has 0 N–H and O–H groups in total. The molecule has 34 heavy (non-hydrogen) atoms. The van der Waals surface area contributed by atoms with Crippen molar-refractivity contribution in [1.82, 2.24) is 9.97 Å². The Balaban J connectivity index is 1.21. The average molecular weight is 461 g/mol. The molecule has 0 radical (unpaired) electrons. The van der Waals surface area contributed by atoms with Gasteiger partial charge in [0.05, 0.1) is 0 Å². The van der Waals surface area contributed by atoms with Crippen LogP contribution in [-0.4, -0.2) is 9.97 Å². The van der Waals surface area contributed by atoms with E-state index in [2.05, 4.69) is 50.5 Å². The second kappa shape index (κ2) is 13.4. The predicted molar refractivity (Wildman–Crippen MR) is 145 cm³/mol. The molecule has 1 heterocycles. The van der Waals surface area contributed by atoms with Gasteiger partial charge in [0.2, 0.25) is 0 Å². The summed E-state index contributed by atoms with van der Waals surface area (Å²) in [6.45, 7) is 4.63. The molecular weight excluding hydrogens is 412 g/mol. The number of unbranched alkanes of at least 4 members (excludes halogenated alkanes) is 2. The van der Waals surface area contributed by atoms with Crippen LogP contribution in [0.15, 0.2) is 36.7 Å². The lowest BCUT2D eigenvalue weighted by Crippen LogP contribution is -2.15. The Bertz CT molecular complexity index is 809. The summed E-state index contributed by atoms with van der Waals surface area (Å²) in [5, 5.41) is 0. The Labute approximate surface area is 209 Å². The summed E-state index contributed by atoms with van der Waals surface area (Å²) in [6.07, 6.45) is 26.3. The molecule has 0 atom stereocenters. The van der Waals surface area contributed by atoms with Crippen molar-refractivity contribution in [2.24, 2.45) is 17.8 Å². The highest BCUT2D eigenvalue weighted by molar-refractivity contribution is 5.55. The molecule has 2 aliphatic carbocycles. The largest absolute Gasteiger partial charge is 0.236 e. The molecule has 4 rings (SSSR count). The first-order valence-electron chi connectivity index (χ1n) is 14.7. The van der Waals surface area contributed by atoms with Crippen molar-refractivity contribution in [3.63, 3.8) is 0 Å². The summed E-state index contributed by atoms with van der Waals surface area (Å²) >= 11 is 0. The second-order valence-corrected chi connectivity index (χ2v) is 11.5. The lowest BCUT2D eigenvalue weighted by Gasteiger charge is -2.28. The van der Waals surface area contributed by atoms with Gasteiger partial charge in [-0.1, -0.05) is 102 Å². The first-order chi connectivity index (χ1) is 16.7. The Kier molecular flexibility index (Phi) is 10.0. The summed E-state index contributed by atoms with van der Waals surface area (Å²) in [4.78, 5) is 9.46. The zero-order chi connectivity index (χ0) is 23.6. The van der Waals surface area contributed by atoms with Gasteiger partial charge in [-0.15, -0.1) is 0 Å². The normalized spacial score (nSPS) is 25.4.